The van der Waals surface area contributed by atoms with E-state index in [0.29, 0.717) is 24.6 Å². The number of piperidine rings is 1. The Labute approximate surface area is 159 Å². The van der Waals surface area contributed by atoms with Crippen LogP contribution in [0.15, 0.2) is 30.5 Å². The number of ether oxygens (including phenoxy) is 1. The molecule has 1 atom stereocenters. The van der Waals surface area contributed by atoms with Gasteiger partial charge in [-0.1, -0.05) is 11.6 Å². The Morgan fingerprint density at radius 2 is 2.04 bits per heavy atom. The average molecular weight is 402 g/mol. The van der Waals surface area contributed by atoms with Gasteiger partial charge >= 0.3 is 6.18 Å². The topological polar surface area (TPSA) is 47.4 Å². The fraction of sp³-hybridized carbons (Fsp3) is 0.444. The summed E-state index contributed by atoms with van der Waals surface area (Å²) >= 11 is 5.80. The number of benzene rings is 1. The van der Waals surface area contributed by atoms with Gasteiger partial charge in [-0.25, -0.2) is 4.68 Å². The van der Waals surface area contributed by atoms with Gasteiger partial charge in [0.1, 0.15) is 0 Å². The van der Waals surface area contributed by atoms with E-state index in [-0.39, 0.29) is 18.3 Å². The van der Waals surface area contributed by atoms with Gasteiger partial charge in [-0.15, -0.1) is 0 Å². The maximum atomic E-state index is 13.7. The van der Waals surface area contributed by atoms with Crippen molar-refractivity contribution in [3.63, 3.8) is 0 Å². The van der Waals surface area contributed by atoms with Crippen LogP contribution in [0.5, 0.6) is 0 Å². The van der Waals surface area contributed by atoms with Crippen LogP contribution in [0.4, 0.5) is 13.2 Å². The third kappa shape index (κ3) is 4.27. The Morgan fingerprint density at radius 3 is 2.67 bits per heavy atom. The Kier molecular flexibility index (Phi) is 5.76. The number of carbonyl (C=O) groups excluding carboxylic acids is 1. The summed E-state index contributed by atoms with van der Waals surface area (Å²) in [5.41, 5.74) is -1.38. The number of carbonyl (C=O) groups is 1. The van der Waals surface area contributed by atoms with Crippen molar-refractivity contribution in [3.8, 4) is 5.69 Å². The molecule has 1 amide bonds. The Hall–Kier alpha value is -2.06. The SMILES string of the molecule is CCOC1CCCN(C(=O)c2cnn(-c3ccc(Cl)cc3)c2C(F)(F)F)C1. The van der Waals surface area contributed by atoms with Gasteiger partial charge in [0.05, 0.1) is 23.6 Å². The van der Waals surface area contributed by atoms with E-state index in [9.17, 15) is 18.0 Å². The van der Waals surface area contributed by atoms with Crippen molar-refractivity contribution in [3.05, 3.63) is 46.7 Å². The molecule has 2 aromatic rings. The van der Waals surface area contributed by atoms with E-state index in [0.717, 1.165) is 17.3 Å². The first-order valence-corrected chi connectivity index (χ1v) is 9.01. The van der Waals surface area contributed by atoms with E-state index >= 15 is 0 Å². The predicted octanol–water partition coefficient (Wildman–Crippen LogP) is 4.19. The summed E-state index contributed by atoms with van der Waals surface area (Å²) in [7, 11) is 0. The molecule has 0 spiro atoms. The minimum absolute atomic E-state index is 0.159. The smallest absolute Gasteiger partial charge is 0.377 e. The van der Waals surface area contributed by atoms with Crippen molar-refractivity contribution in [2.45, 2.75) is 32.0 Å². The Balaban J connectivity index is 1.95. The molecular weight excluding hydrogens is 383 g/mol. The minimum Gasteiger partial charge on any atom is -0.377 e. The number of amides is 1. The van der Waals surface area contributed by atoms with E-state index in [1.165, 1.54) is 29.2 Å². The number of likely N-dealkylation sites (tertiary alicyclic amines) is 1. The second-order valence-electron chi connectivity index (χ2n) is 6.26. The van der Waals surface area contributed by atoms with Gasteiger partial charge in [0.15, 0.2) is 5.69 Å². The van der Waals surface area contributed by atoms with Gasteiger partial charge in [-0.2, -0.15) is 18.3 Å². The summed E-state index contributed by atoms with van der Waals surface area (Å²) < 4.78 is 47.5. The average Bonchev–Trinajstić information content (AvgIpc) is 3.08. The fourth-order valence-corrected chi connectivity index (χ4v) is 3.35. The summed E-state index contributed by atoms with van der Waals surface area (Å²) in [6.07, 6.45) is -2.45. The number of rotatable bonds is 4. The molecule has 27 heavy (non-hydrogen) atoms. The number of alkyl halides is 3. The Bertz CT molecular complexity index is 803. The van der Waals surface area contributed by atoms with Crippen molar-refractivity contribution in [2.24, 2.45) is 0 Å². The summed E-state index contributed by atoms with van der Waals surface area (Å²) in [5, 5.41) is 4.22. The number of aromatic nitrogens is 2. The minimum atomic E-state index is -4.74. The zero-order chi connectivity index (χ0) is 19.6. The summed E-state index contributed by atoms with van der Waals surface area (Å²) in [4.78, 5) is 14.2. The molecule has 1 aromatic carbocycles. The molecule has 3 rings (SSSR count). The first-order chi connectivity index (χ1) is 12.8. The largest absolute Gasteiger partial charge is 0.434 e. The molecular formula is C18H19ClF3N3O2. The van der Waals surface area contributed by atoms with E-state index in [4.69, 9.17) is 16.3 Å². The second-order valence-corrected chi connectivity index (χ2v) is 6.70. The van der Waals surface area contributed by atoms with Gasteiger partial charge < -0.3 is 9.64 Å². The third-order valence-electron chi connectivity index (χ3n) is 4.41. The van der Waals surface area contributed by atoms with Crippen molar-refractivity contribution in [1.82, 2.24) is 14.7 Å². The molecule has 9 heteroatoms. The number of nitrogens with zero attached hydrogens (tertiary/aromatic N) is 3. The Morgan fingerprint density at radius 1 is 1.33 bits per heavy atom. The van der Waals surface area contributed by atoms with Gasteiger partial charge in [0.25, 0.3) is 5.91 Å². The molecule has 2 heterocycles. The molecule has 0 N–H and O–H groups in total. The standard InChI is InChI=1S/C18H19ClF3N3O2/c1-2-27-14-4-3-9-24(11-14)17(26)15-10-23-25(16(15)18(20,21)22)13-7-5-12(19)6-8-13/h5-8,10,14H,2-4,9,11H2,1H3. The lowest BCUT2D eigenvalue weighted by molar-refractivity contribution is -0.143. The highest BCUT2D eigenvalue weighted by molar-refractivity contribution is 6.30. The maximum absolute atomic E-state index is 13.7. The lowest BCUT2D eigenvalue weighted by atomic mass is 10.1. The zero-order valence-electron chi connectivity index (χ0n) is 14.7. The van der Waals surface area contributed by atoms with Crippen molar-refractivity contribution < 1.29 is 22.7 Å². The molecule has 5 nitrogen and oxygen atoms in total. The van der Waals surface area contributed by atoms with E-state index in [1.54, 1.807) is 0 Å². The summed E-state index contributed by atoms with van der Waals surface area (Å²) in [6.45, 7) is 3.01. The third-order valence-corrected chi connectivity index (χ3v) is 4.66. The van der Waals surface area contributed by atoms with Gasteiger partial charge in [0, 0.05) is 24.7 Å². The fourth-order valence-electron chi connectivity index (χ4n) is 3.22. The van der Waals surface area contributed by atoms with E-state index < -0.39 is 23.3 Å². The molecule has 1 aliphatic heterocycles. The molecule has 146 valence electrons. The van der Waals surface area contributed by atoms with Crippen LogP contribution in [0.25, 0.3) is 5.69 Å². The molecule has 0 saturated carbocycles. The van der Waals surface area contributed by atoms with Gasteiger partial charge in [-0.3, -0.25) is 4.79 Å². The van der Waals surface area contributed by atoms with Crippen LogP contribution < -0.4 is 0 Å². The highest BCUT2D eigenvalue weighted by Gasteiger charge is 2.42. The quantitative estimate of drug-likeness (QED) is 0.772. The van der Waals surface area contributed by atoms with Crippen LogP contribution in [-0.2, 0) is 10.9 Å². The van der Waals surface area contributed by atoms with Crippen LogP contribution in [0, 0.1) is 0 Å². The molecule has 1 aliphatic rings. The molecule has 0 radical (unpaired) electrons. The van der Waals surface area contributed by atoms with Crippen LogP contribution in [0.2, 0.25) is 5.02 Å². The monoisotopic (exact) mass is 401 g/mol. The number of hydrogen-bond acceptors (Lipinski definition) is 3. The number of halogens is 4. The first-order valence-electron chi connectivity index (χ1n) is 8.63. The van der Waals surface area contributed by atoms with Gasteiger partial charge in [0.2, 0.25) is 0 Å². The molecule has 0 aliphatic carbocycles. The van der Waals surface area contributed by atoms with Crippen molar-refractivity contribution in [1.29, 1.82) is 0 Å². The normalized spacial score (nSPS) is 18.0. The highest BCUT2D eigenvalue weighted by atomic mass is 35.5. The molecule has 1 unspecified atom stereocenters. The van der Waals surface area contributed by atoms with E-state index in [2.05, 4.69) is 5.10 Å². The van der Waals surface area contributed by atoms with E-state index in [1.807, 2.05) is 6.92 Å². The second kappa shape index (κ2) is 7.90. The number of hydrogen-bond donors (Lipinski definition) is 0. The van der Waals surface area contributed by atoms with Crippen LogP contribution in [0.3, 0.4) is 0 Å². The molecule has 1 fully saturated rings. The lowest BCUT2D eigenvalue weighted by Crippen LogP contribution is -2.43. The van der Waals surface area contributed by atoms with Gasteiger partial charge in [-0.05, 0) is 44.0 Å². The summed E-state index contributed by atoms with van der Waals surface area (Å²) in [5.74, 6) is -0.688. The van der Waals surface area contributed by atoms with Crippen molar-refractivity contribution >= 4 is 17.5 Å². The molecule has 1 aromatic heterocycles. The molecule has 1 saturated heterocycles. The zero-order valence-corrected chi connectivity index (χ0v) is 15.4. The first kappa shape index (κ1) is 19.7. The molecule has 0 bridgehead atoms. The predicted molar refractivity (Wildman–Crippen MR) is 94.1 cm³/mol. The van der Waals surface area contributed by atoms with Crippen molar-refractivity contribution in [2.75, 3.05) is 19.7 Å². The maximum Gasteiger partial charge on any atom is 0.434 e. The lowest BCUT2D eigenvalue weighted by Gasteiger charge is -2.32. The highest BCUT2D eigenvalue weighted by Crippen LogP contribution is 2.34. The summed E-state index contributed by atoms with van der Waals surface area (Å²) in [6, 6.07) is 5.78. The van der Waals surface area contributed by atoms with Crippen LogP contribution >= 0.6 is 11.6 Å². The van der Waals surface area contributed by atoms with Crippen LogP contribution in [0.1, 0.15) is 35.8 Å². The van der Waals surface area contributed by atoms with Crippen LogP contribution in [-0.4, -0.2) is 46.4 Å².